The van der Waals surface area contributed by atoms with Crippen LogP contribution >= 0.6 is 0 Å². The van der Waals surface area contributed by atoms with Crippen LogP contribution in [0.3, 0.4) is 0 Å². The monoisotopic (exact) mass is 176 g/mol. The maximum atomic E-state index is 4.20. The van der Waals surface area contributed by atoms with E-state index >= 15 is 0 Å². The van der Waals surface area contributed by atoms with Crippen molar-refractivity contribution in [3.8, 4) is 0 Å². The molecule has 13 heavy (non-hydrogen) atoms. The van der Waals surface area contributed by atoms with Crippen LogP contribution in [0, 0.1) is 0 Å². The van der Waals surface area contributed by atoms with Gasteiger partial charge < -0.3 is 5.32 Å². The topological polar surface area (TPSA) is 24.9 Å². The van der Waals surface area contributed by atoms with Crippen LogP contribution in [0.1, 0.15) is 19.5 Å². The van der Waals surface area contributed by atoms with Crippen LogP contribution in [0.15, 0.2) is 30.5 Å². The van der Waals surface area contributed by atoms with Crippen LogP contribution in [0.5, 0.6) is 0 Å². The minimum atomic E-state index is 0.409. The maximum Gasteiger partial charge on any atom is 0.0627 e. The summed E-state index contributed by atoms with van der Waals surface area (Å²) in [5, 5.41) is 3.30. The van der Waals surface area contributed by atoms with E-state index in [1.807, 2.05) is 24.3 Å². The molecule has 1 unspecified atom stereocenters. The van der Waals surface area contributed by atoms with Crippen molar-refractivity contribution in [3.63, 3.8) is 0 Å². The minimum absolute atomic E-state index is 0.409. The lowest BCUT2D eigenvalue weighted by Gasteiger charge is -2.05. The van der Waals surface area contributed by atoms with Gasteiger partial charge in [-0.1, -0.05) is 19.1 Å². The highest BCUT2D eigenvalue weighted by Crippen LogP contribution is 1.97. The molecule has 1 aromatic rings. The van der Waals surface area contributed by atoms with Gasteiger partial charge in [-0.3, -0.25) is 4.98 Å². The highest BCUT2D eigenvalue weighted by molar-refractivity contribution is 5.44. The molecular formula is C11H16N2. The summed E-state index contributed by atoms with van der Waals surface area (Å²) in [7, 11) is 0. The number of hydrogen-bond acceptors (Lipinski definition) is 2. The Labute approximate surface area is 79.7 Å². The van der Waals surface area contributed by atoms with Crippen molar-refractivity contribution < 1.29 is 0 Å². The van der Waals surface area contributed by atoms with Crippen LogP contribution in [0.2, 0.25) is 0 Å². The third-order valence-electron chi connectivity index (χ3n) is 1.77. The molecule has 2 nitrogen and oxygen atoms in total. The molecule has 0 radical (unpaired) electrons. The molecule has 0 aliphatic rings. The molecule has 1 rings (SSSR count). The van der Waals surface area contributed by atoms with Crippen LogP contribution in [0.25, 0.3) is 6.08 Å². The summed E-state index contributed by atoms with van der Waals surface area (Å²) >= 11 is 0. The van der Waals surface area contributed by atoms with E-state index in [0.29, 0.717) is 6.04 Å². The molecule has 2 heteroatoms. The Kier molecular flexibility index (Phi) is 4.19. The molecule has 1 heterocycles. The maximum absolute atomic E-state index is 4.20. The van der Waals surface area contributed by atoms with Crippen LogP contribution in [0.4, 0.5) is 0 Å². The van der Waals surface area contributed by atoms with Gasteiger partial charge in [0.2, 0.25) is 0 Å². The third kappa shape index (κ3) is 3.85. The SMILES string of the molecule is CCNC(C)/C=C/c1ccccn1. The second kappa shape index (κ2) is 5.49. The number of aromatic nitrogens is 1. The number of nitrogens with zero attached hydrogens (tertiary/aromatic N) is 1. The molecular weight excluding hydrogens is 160 g/mol. The fourth-order valence-corrected chi connectivity index (χ4v) is 1.11. The third-order valence-corrected chi connectivity index (χ3v) is 1.77. The summed E-state index contributed by atoms with van der Waals surface area (Å²) in [4.78, 5) is 4.20. The Bertz CT molecular complexity index is 254. The Morgan fingerprint density at radius 2 is 2.38 bits per heavy atom. The van der Waals surface area contributed by atoms with Crippen LogP contribution in [-0.4, -0.2) is 17.6 Å². The molecule has 70 valence electrons. The summed E-state index contributed by atoms with van der Waals surface area (Å²) in [6.07, 6.45) is 5.96. The summed E-state index contributed by atoms with van der Waals surface area (Å²) in [6, 6.07) is 6.32. The van der Waals surface area contributed by atoms with E-state index in [2.05, 4.69) is 30.2 Å². The summed E-state index contributed by atoms with van der Waals surface area (Å²) in [6.45, 7) is 5.22. The van der Waals surface area contributed by atoms with Gasteiger partial charge in [0.15, 0.2) is 0 Å². The molecule has 0 aromatic carbocycles. The standard InChI is InChI=1S/C11H16N2/c1-3-12-10(2)7-8-11-6-4-5-9-13-11/h4-10,12H,3H2,1-2H3/b8-7+. The molecule has 0 spiro atoms. The molecule has 0 bridgehead atoms. The second-order valence-electron chi connectivity index (χ2n) is 2.96. The predicted molar refractivity (Wildman–Crippen MR) is 56.4 cm³/mol. The molecule has 1 N–H and O–H groups in total. The van der Waals surface area contributed by atoms with Crippen LogP contribution < -0.4 is 5.32 Å². The lowest BCUT2D eigenvalue weighted by molar-refractivity contribution is 0.662. The Morgan fingerprint density at radius 3 is 3.00 bits per heavy atom. The zero-order valence-electron chi connectivity index (χ0n) is 8.20. The van der Waals surface area contributed by atoms with Gasteiger partial charge in [-0.2, -0.15) is 0 Å². The molecule has 0 fully saturated rings. The Morgan fingerprint density at radius 1 is 1.54 bits per heavy atom. The highest BCUT2D eigenvalue weighted by Gasteiger charge is 1.91. The van der Waals surface area contributed by atoms with Crippen molar-refractivity contribution in [2.75, 3.05) is 6.54 Å². The largest absolute Gasteiger partial charge is 0.311 e. The zero-order valence-corrected chi connectivity index (χ0v) is 8.20. The van der Waals surface area contributed by atoms with E-state index in [9.17, 15) is 0 Å². The van der Waals surface area contributed by atoms with Gasteiger partial charge in [-0.15, -0.1) is 0 Å². The van der Waals surface area contributed by atoms with Gasteiger partial charge in [0.25, 0.3) is 0 Å². The molecule has 0 aliphatic carbocycles. The van der Waals surface area contributed by atoms with E-state index in [0.717, 1.165) is 12.2 Å². The number of pyridine rings is 1. The fraction of sp³-hybridized carbons (Fsp3) is 0.364. The van der Waals surface area contributed by atoms with Crippen molar-refractivity contribution in [2.45, 2.75) is 19.9 Å². The van der Waals surface area contributed by atoms with E-state index in [1.165, 1.54) is 0 Å². The number of hydrogen-bond donors (Lipinski definition) is 1. The van der Waals surface area contributed by atoms with Gasteiger partial charge in [0, 0.05) is 12.2 Å². The Balaban J connectivity index is 2.49. The first-order chi connectivity index (χ1) is 6.33. The number of rotatable bonds is 4. The molecule has 1 aromatic heterocycles. The first-order valence-corrected chi connectivity index (χ1v) is 4.65. The zero-order chi connectivity index (χ0) is 9.52. The highest BCUT2D eigenvalue weighted by atomic mass is 14.9. The Hall–Kier alpha value is -1.15. The number of nitrogens with one attached hydrogen (secondary N) is 1. The summed E-state index contributed by atoms with van der Waals surface area (Å²) in [5.41, 5.74) is 1.01. The van der Waals surface area contributed by atoms with Gasteiger partial charge >= 0.3 is 0 Å². The fourth-order valence-electron chi connectivity index (χ4n) is 1.11. The first-order valence-electron chi connectivity index (χ1n) is 4.65. The summed E-state index contributed by atoms with van der Waals surface area (Å²) < 4.78 is 0. The van der Waals surface area contributed by atoms with Crippen molar-refractivity contribution in [3.05, 3.63) is 36.2 Å². The lowest BCUT2D eigenvalue weighted by Crippen LogP contribution is -2.22. The van der Waals surface area contributed by atoms with Crippen molar-refractivity contribution >= 4 is 6.08 Å². The second-order valence-corrected chi connectivity index (χ2v) is 2.96. The van der Waals surface area contributed by atoms with E-state index in [1.54, 1.807) is 6.20 Å². The van der Waals surface area contributed by atoms with E-state index in [-0.39, 0.29) is 0 Å². The average Bonchev–Trinajstić information content (AvgIpc) is 2.17. The number of likely N-dealkylation sites (N-methyl/N-ethyl adjacent to an activating group) is 1. The van der Waals surface area contributed by atoms with Crippen molar-refractivity contribution in [1.82, 2.24) is 10.3 Å². The van der Waals surface area contributed by atoms with Crippen LogP contribution in [-0.2, 0) is 0 Å². The van der Waals surface area contributed by atoms with Crippen molar-refractivity contribution in [1.29, 1.82) is 0 Å². The van der Waals surface area contributed by atoms with Gasteiger partial charge in [-0.05, 0) is 31.7 Å². The first kappa shape index (κ1) is 9.93. The lowest BCUT2D eigenvalue weighted by atomic mass is 10.2. The normalized spacial score (nSPS) is 13.4. The predicted octanol–water partition coefficient (Wildman–Crippen LogP) is 2.09. The minimum Gasteiger partial charge on any atom is -0.311 e. The molecule has 0 saturated heterocycles. The van der Waals surface area contributed by atoms with Gasteiger partial charge in [0.05, 0.1) is 5.69 Å². The van der Waals surface area contributed by atoms with Gasteiger partial charge in [-0.25, -0.2) is 0 Å². The molecule has 0 aliphatic heterocycles. The van der Waals surface area contributed by atoms with E-state index in [4.69, 9.17) is 0 Å². The van der Waals surface area contributed by atoms with E-state index < -0.39 is 0 Å². The quantitative estimate of drug-likeness (QED) is 0.760. The smallest absolute Gasteiger partial charge is 0.0627 e. The summed E-state index contributed by atoms with van der Waals surface area (Å²) in [5.74, 6) is 0. The van der Waals surface area contributed by atoms with Crippen molar-refractivity contribution in [2.24, 2.45) is 0 Å². The van der Waals surface area contributed by atoms with Gasteiger partial charge in [0.1, 0.15) is 0 Å². The molecule has 0 amide bonds. The molecule has 1 atom stereocenters. The average molecular weight is 176 g/mol. The molecule has 0 saturated carbocycles.